The van der Waals surface area contributed by atoms with Gasteiger partial charge in [-0.3, -0.25) is 0 Å². The molecule has 13 heavy (non-hydrogen) atoms. The number of hydrogen-bond donors (Lipinski definition) is 0. The molecule has 0 aliphatic heterocycles. The van der Waals surface area contributed by atoms with Crippen molar-refractivity contribution in [2.75, 3.05) is 32.8 Å². The van der Waals surface area contributed by atoms with E-state index in [2.05, 4.69) is 20.8 Å². The molecule has 0 aromatic carbocycles. The highest BCUT2D eigenvalue weighted by Gasteiger charge is 2.23. The summed E-state index contributed by atoms with van der Waals surface area (Å²) in [6.45, 7) is 11.1. The zero-order valence-corrected chi connectivity index (χ0v) is 9.51. The molecule has 0 aliphatic carbocycles. The number of nitrogens with zero attached hydrogens (tertiary/aromatic N) is 1. The van der Waals surface area contributed by atoms with E-state index in [4.69, 9.17) is 0 Å². The maximum Gasteiger partial charge on any atom is 0.131 e. The molecule has 0 spiro atoms. The van der Waals surface area contributed by atoms with Gasteiger partial charge >= 0.3 is 0 Å². The molecule has 2 heteroatoms. The fraction of sp³-hybridized carbons (Fsp3) is 1.00. The van der Waals surface area contributed by atoms with E-state index < -0.39 is 0 Å². The predicted octanol–water partition coefficient (Wildman–Crippen LogP) is 2.46. The van der Waals surface area contributed by atoms with Gasteiger partial charge in [0.25, 0.3) is 0 Å². The van der Waals surface area contributed by atoms with E-state index in [-0.39, 0.29) is 6.61 Å². The minimum atomic E-state index is 0.0833. The van der Waals surface area contributed by atoms with Crippen molar-refractivity contribution in [2.45, 2.75) is 40.0 Å². The Hall–Kier alpha value is -0.0800. The van der Waals surface area contributed by atoms with Gasteiger partial charge in [-0.15, -0.1) is 0 Å². The third-order valence-electron chi connectivity index (χ3n) is 2.66. The summed E-state index contributed by atoms with van der Waals surface area (Å²) in [7, 11) is 0. The van der Waals surface area contributed by atoms with E-state index in [0.29, 0.717) is 0 Å². The zero-order valence-electron chi connectivity index (χ0n) is 9.51. The quantitative estimate of drug-likeness (QED) is 0.520. The normalized spacial score (nSPS) is 12.0. The van der Waals surface area contributed by atoms with E-state index in [1.807, 2.05) is 0 Å². The Kier molecular flexibility index (Phi) is 7.29. The Morgan fingerprint density at radius 2 is 1.15 bits per heavy atom. The largest absolute Gasteiger partial charge is 0.322 e. The first-order chi connectivity index (χ1) is 6.24. The van der Waals surface area contributed by atoms with Gasteiger partial charge in [0, 0.05) is 0 Å². The Morgan fingerprint density at radius 1 is 0.769 bits per heavy atom. The van der Waals surface area contributed by atoms with E-state index >= 15 is 0 Å². The Labute approximate surface area is 83.2 Å². The van der Waals surface area contributed by atoms with Crippen molar-refractivity contribution in [3.8, 4) is 0 Å². The molecule has 0 fully saturated rings. The third-order valence-corrected chi connectivity index (χ3v) is 2.66. The molecule has 0 N–H and O–H groups in total. The molecule has 0 rings (SSSR count). The van der Waals surface area contributed by atoms with Crippen LogP contribution in [-0.2, 0) is 5.11 Å². The van der Waals surface area contributed by atoms with Gasteiger partial charge < -0.3 is 4.48 Å². The lowest BCUT2D eigenvalue weighted by Crippen LogP contribution is -2.51. The molecule has 0 heterocycles. The summed E-state index contributed by atoms with van der Waals surface area (Å²) in [5.41, 5.74) is 0. The molecule has 79 valence electrons. The molecule has 0 aromatic heterocycles. The summed E-state index contributed by atoms with van der Waals surface area (Å²) in [5.74, 6) is 0. The van der Waals surface area contributed by atoms with Crippen molar-refractivity contribution in [2.24, 2.45) is 0 Å². The zero-order chi connectivity index (χ0) is 10.2. The van der Waals surface area contributed by atoms with Gasteiger partial charge in [-0.05, 0) is 19.3 Å². The molecule has 0 saturated carbocycles. The van der Waals surface area contributed by atoms with Crippen LogP contribution in [0.2, 0.25) is 0 Å². The average Bonchev–Trinajstić information content (AvgIpc) is 2.06. The Morgan fingerprint density at radius 3 is 1.38 bits per heavy atom. The van der Waals surface area contributed by atoms with Gasteiger partial charge in [-0.1, -0.05) is 20.8 Å². The van der Waals surface area contributed by atoms with Gasteiger partial charge in [0.15, 0.2) is 0 Å². The van der Waals surface area contributed by atoms with E-state index in [0.717, 1.165) is 11.0 Å². The van der Waals surface area contributed by atoms with Gasteiger partial charge in [-0.25, -0.2) is 5.11 Å². The standard InChI is InChI=1S/C11H25NO/c1-4-7-12(8-5-2,9-6-3)10-11-13/h4-11H2,1-3H3/q+1. The summed E-state index contributed by atoms with van der Waals surface area (Å²) in [4.78, 5) is 0. The van der Waals surface area contributed by atoms with Crippen molar-refractivity contribution < 1.29 is 9.59 Å². The highest BCUT2D eigenvalue weighted by molar-refractivity contribution is 4.43. The van der Waals surface area contributed by atoms with Crippen LogP contribution in [0.3, 0.4) is 0 Å². The van der Waals surface area contributed by atoms with Crippen LogP contribution in [0.5, 0.6) is 0 Å². The number of quaternary nitrogens is 1. The minimum Gasteiger partial charge on any atom is -0.322 e. The van der Waals surface area contributed by atoms with Crippen molar-refractivity contribution in [1.29, 1.82) is 0 Å². The molecular weight excluding hydrogens is 162 g/mol. The van der Waals surface area contributed by atoms with Crippen LogP contribution in [0.4, 0.5) is 0 Å². The van der Waals surface area contributed by atoms with Crippen molar-refractivity contribution in [3.63, 3.8) is 0 Å². The fourth-order valence-corrected chi connectivity index (χ4v) is 2.29. The molecule has 0 amide bonds. The van der Waals surface area contributed by atoms with Crippen LogP contribution in [0.1, 0.15) is 40.0 Å². The highest BCUT2D eigenvalue weighted by Crippen LogP contribution is 2.10. The minimum absolute atomic E-state index is 0.0833. The fourth-order valence-electron chi connectivity index (χ4n) is 2.29. The van der Waals surface area contributed by atoms with Gasteiger partial charge in [0.05, 0.1) is 19.6 Å². The smallest absolute Gasteiger partial charge is 0.131 e. The highest BCUT2D eigenvalue weighted by atomic mass is 16.3. The second-order valence-corrected chi connectivity index (χ2v) is 3.94. The van der Waals surface area contributed by atoms with Gasteiger partial charge in [0.2, 0.25) is 0 Å². The van der Waals surface area contributed by atoms with Crippen LogP contribution < -0.4 is 0 Å². The first kappa shape index (κ1) is 12.9. The van der Waals surface area contributed by atoms with Crippen LogP contribution in [0.15, 0.2) is 0 Å². The summed E-state index contributed by atoms with van der Waals surface area (Å²) in [6, 6.07) is 0. The third kappa shape index (κ3) is 4.63. The average molecular weight is 187 g/mol. The molecule has 0 atom stereocenters. The molecule has 2 nitrogen and oxygen atoms in total. The van der Waals surface area contributed by atoms with E-state index in [1.54, 1.807) is 0 Å². The Bertz CT molecular complexity index is 85.1. The molecule has 0 unspecified atom stereocenters. The lowest BCUT2D eigenvalue weighted by molar-refractivity contribution is -0.928. The predicted molar refractivity (Wildman–Crippen MR) is 56.2 cm³/mol. The molecule has 0 bridgehead atoms. The van der Waals surface area contributed by atoms with E-state index in [9.17, 15) is 5.11 Å². The maximum absolute atomic E-state index is 10.8. The molecule has 0 saturated heterocycles. The second kappa shape index (κ2) is 7.34. The van der Waals surface area contributed by atoms with Gasteiger partial charge in [0.1, 0.15) is 13.2 Å². The maximum atomic E-state index is 10.8. The summed E-state index contributed by atoms with van der Waals surface area (Å²) in [6.07, 6.45) is 3.58. The van der Waals surface area contributed by atoms with Crippen molar-refractivity contribution in [1.82, 2.24) is 0 Å². The lowest BCUT2D eigenvalue weighted by Gasteiger charge is -2.37. The van der Waals surface area contributed by atoms with Crippen LogP contribution in [-0.4, -0.2) is 37.3 Å². The Balaban J connectivity index is 4.19. The van der Waals surface area contributed by atoms with Crippen molar-refractivity contribution >= 4 is 0 Å². The topological polar surface area (TPSA) is 19.9 Å². The molecule has 1 radical (unpaired) electrons. The first-order valence-corrected chi connectivity index (χ1v) is 5.67. The van der Waals surface area contributed by atoms with Crippen LogP contribution >= 0.6 is 0 Å². The molecule has 0 aromatic rings. The SMILES string of the molecule is CCC[N+](CCC)(CCC)CC[O]. The monoisotopic (exact) mass is 187 g/mol. The molecule has 0 aliphatic rings. The summed E-state index contributed by atoms with van der Waals surface area (Å²) in [5, 5.41) is 10.8. The second-order valence-electron chi connectivity index (χ2n) is 3.94. The number of hydrogen-bond acceptors (Lipinski definition) is 0. The van der Waals surface area contributed by atoms with Crippen LogP contribution in [0.25, 0.3) is 0 Å². The van der Waals surface area contributed by atoms with E-state index in [1.165, 1.54) is 38.9 Å². The van der Waals surface area contributed by atoms with Crippen LogP contribution in [0, 0.1) is 0 Å². The number of rotatable bonds is 8. The summed E-state index contributed by atoms with van der Waals surface area (Å²) < 4.78 is 1.06. The lowest BCUT2D eigenvalue weighted by atomic mass is 10.2. The summed E-state index contributed by atoms with van der Waals surface area (Å²) >= 11 is 0. The van der Waals surface area contributed by atoms with Gasteiger partial charge in [-0.2, -0.15) is 0 Å². The first-order valence-electron chi connectivity index (χ1n) is 5.67. The van der Waals surface area contributed by atoms with Crippen molar-refractivity contribution in [3.05, 3.63) is 0 Å². The molecular formula is C11H25NO+.